The highest BCUT2D eigenvalue weighted by Gasteiger charge is 2.40. The van der Waals surface area contributed by atoms with E-state index in [1.807, 2.05) is 0 Å². The van der Waals surface area contributed by atoms with Crippen LogP contribution >= 0.6 is 0 Å². The zero-order chi connectivity index (χ0) is 22.0. The van der Waals surface area contributed by atoms with Gasteiger partial charge in [0.2, 0.25) is 11.8 Å². The molecule has 0 radical (unpaired) electrons. The van der Waals surface area contributed by atoms with E-state index in [9.17, 15) is 14.4 Å². The first-order valence-electron chi connectivity index (χ1n) is 10.7. The molecular weight excluding hydrogens is 397 g/mol. The number of benzene rings is 2. The minimum atomic E-state index is -0.741. The van der Waals surface area contributed by atoms with Crippen LogP contribution in [0.3, 0.4) is 0 Å². The van der Waals surface area contributed by atoms with Gasteiger partial charge in [-0.05, 0) is 30.0 Å². The van der Waals surface area contributed by atoms with Crippen molar-refractivity contribution in [1.29, 1.82) is 0 Å². The summed E-state index contributed by atoms with van der Waals surface area (Å²) >= 11 is 0. The first kappa shape index (κ1) is 21.2. The lowest BCUT2D eigenvalue weighted by molar-refractivity contribution is -0.136. The lowest BCUT2D eigenvalue weighted by Gasteiger charge is -2.29. The van der Waals surface area contributed by atoms with Crippen LogP contribution in [0.15, 0.2) is 36.4 Å². The highest BCUT2D eigenvalue weighted by Crippen LogP contribution is 2.30. The average molecular weight is 423 g/mol. The Morgan fingerprint density at radius 2 is 1.81 bits per heavy atom. The molecule has 0 spiro atoms. The van der Waals surface area contributed by atoms with Gasteiger partial charge in [0.05, 0.1) is 6.54 Å². The molecule has 1 unspecified atom stereocenters. The molecule has 2 aromatic rings. The van der Waals surface area contributed by atoms with Crippen molar-refractivity contribution in [1.82, 2.24) is 15.5 Å². The van der Waals surface area contributed by atoms with E-state index < -0.39 is 17.8 Å². The Hall–Kier alpha value is -3.06. The first-order valence-corrected chi connectivity index (χ1v) is 10.7. The van der Waals surface area contributed by atoms with E-state index in [2.05, 4.69) is 41.8 Å². The first-order chi connectivity index (χ1) is 15.0. The zero-order valence-corrected chi connectivity index (χ0v) is 17.5. The minimum absolute atomic E-state index is 0.0407. The van der Waals surface area contributed by atoms with Crippen LogP contribution in [-0.2, 0) is 35.6 Å². The number of hydrogen-bond acceptors (Lipinski definition) is 4. The summed E-state index contributed by atoms with van der Waals surface area (Å²) in [5.74, 6) is -1.61. The molecule has 2 aliphatic rings. The van der Waals surface area contributed by atoms with Crippen LogP contribution in [0.25, 0.3) is 0 Å². The Morgan fingerprint density at radius 3 is 2.52 bits per heavy atom. The van der Waals surface area contributed by atoms with Gasteiger partial charge in [0.1, 0.15) is 11.9 Å². The molecule has 0 saturated carbocycles. The van der Waals surface area contributed by atoms with Crippen molar-refractivity contribution in [3.8, 4) is 0 Å². The number of nitrogens with zero attached hydrogens (tertiary/aromatic N) is 1. The number of rotatable bonds is 7. The molecule has 7 heteroatoms. The summed E-state index contributed by atoms with van der Waals surface area (Å²) in [5, 5.41) is 5.52. The maximum Gasteiger partial charge on any atom is 0.255 e. The molecule has 1 atom stereocenters. The maximum absolute atomic E-state index is 15.1. The van der Waals surface area contributed by atoms with Crippen LogP contribution < -0.4 is 10.6 Å². The summed E-state index contributed by atoms with van der Waals surface area (Å²) < 4.78 is 15.1. The molecule has 162 valence electrons. The third kappa shape index (κ3) is 4.37. The van der Waals surface area contributed by atoms with Crippen LogP contribution in [0.4, 0.5) is 4.39 Å². The number of aryl methyl sites for hydroxylation is 1. The summed E-state index contributed by atoms with van der Waals surface area (Å²) in [4.78, 5) is 37.6. The second-order valence-electron chi connectivity index (χ2n) is 8.13. The fraction of sp³-hybridized carbons (Fsp3) is 0.375. The molecule has 2 N–H and O–H groups in total. The third-order valence-electron chi connectivity index (χ3n) is 5.94. The molecule has 2 heterocycles. The average Bonchev–Trinajstić information content (AvgIpc) is 3.08. The lowest BCUT2D eigenvalue weighted by atomic mass is 10.0. The Balaban J connectivity index is 1.41. The van der Waals surface area contributed by atoms with E-state index in [4.69, 9.17) is 0 Å². The number of fused-ring (bicyclic) bond motifs is 1. The summed E-state index contributed by atoms with van der Waals surface area (Å²) in [6.45, 7) is 3.14. The third-order valence-corrected chi connectivity index (χ3v) is 5.94. The summed E-state index contributed by atoms with van der Waals surface area (Å²) in [7, 11) is 0. The van der Waals surface area contributed by atoms with Crippen LogP contribution in [0.1, 0.15) is 58.8 Å². The monoisotopic (exact) mass is 423 g/mol. The molecule has 4 rings (SSSR count). The topological polar surface area (TPSA) is 78.5 Å². The Bertz CT molecular complexity index is 1020. The van der Waals surface area contributed by atoms with Gasteiger partial charge in [-0.2, -0.15) is 0 Å². The highest BCUT2D eigenvalue weighted by atomic mass is 19.1. The fourth-order valence-electron chi connectivity index (χ4n) is 4.24. The number of carbonyl (C=O) groups excluding carboxylic acids is 3. The number of imide groups is 1. The van der Waals surface area contributed by atoms with Crippen molar-refractivity contribution in [2.75, 3.05) is 0 Å². The fourth-order valence-corrected chi connectivity index (χ4v) is 4.24. The summed E-state index contributed by atoms with van der Waals surface area (Å²) in [6, 6.07) is 10.9. The zero-order valence-electron chi connectivity index (χ0n) is 17.5. The number of hydrogen-bond donors (Lipinski definition) is 2. The molecule has 2 aromatic carbocycles. The summed E-state index contributed by atoms with van der Waals surface area (Å²) in [5.41, 5.74) is 3.52. The van der Waals surface area contributed by atoms with Gasteiger partial charge >= 0.3 is 0 Å². The van der Waals surface area contributed by atoms with Crippen molar-refractivity contribution in [3.05, 3.63) is 70.0 Å². The van der Waals surface area contributed by atoms with Gasteiger partial charge in [-0.15, -0.1) is 0 Å². The van der Waals surface area contributed by atoms with Crippen LogP contribution in [0.2, 0.25) is 0 Å². The molecule has 0 aliphatic carbocycles. The van der Waals surface area contributed by atoms with E-state index in [1.165, 1.54) is 10.5 Å². The van der Waals surface area contributed by atoms with Crippen molar-refractivity contribution < 1.29 is 18.8 Å². The molecule has 3 amide bonds. The molecule has 0 aromatic heterocycles. The Morgan fingerprint density at radius 1 is 1.06 bits per heavy atom. The van der Waals surface area contributed by atoms with Crippen molar-refractivity contribution in [2.45, 2.75) is 58.3 Å². The molecule has 0 bridgehead atoms. The van der Waals surface area contributed by atoms with E-state index in [1.54, 1.807) is 12.1 Å². The van der Waals surface area contributed by atoms with E-state index in [-0.39, 0.29) is 36.8 Å². The van der Waals surface area contributed by atoms with Gasteiger partial charge in [-0.3, -0.25) is 19.7 Å². The highest BCUT2D eigenvalue weighted by molar-refractivity contribution is 6.05. The van der Waals surface area contributed by atoms with E-state index >= 15 is 4.39 Å². The number of amides is 3. The maximum atomic E-state index is 15.1. The molecule has 31 heavy (non-hydrogen) atoms. The van der Waals surface area contributed by atoms with Crippen LogP contribution in [-0.4, -0.2) is 28.7 Å². The van der Waals surface area contributed by atoms with Gasteiger partial charge in [-0.1, -0.05) is 43.7 Å². The van der Waals surface area contributed by atoms with Crippen molar-refractivity contribution in [3.63, 3.8) is 0 Å². The molecular formula is C24H26FN3O3. The smallest absolute Gasteiger partial charge is 0.255 e. The van der Waals surface area contributed by atoms with Gasteiger partial charge < -0.3 is 10.2 Å². The molecule has 1 fully saturated rings. The largest absolute Gasteiger partial charge is 0.322 e. The predicted molar refractivity (Wildman–Crippen MR) is 113 cm³/mol. The number of halogens is 1. The quantitative estimate of drug-likeness (QED) is 0.672. The Labute approximate surface area is 180 Å². The van der Waals surface area contributed by atoms with Gasteiger partial charge in [-0.25, -0.2) is 4.39 Å². The van der Waals surface area contributed by atoms with Crippen LogP contribution in [0, 0.1) is 5.82 Å². The van der Waals surface area contributed by atoms with Gasteiger partial charge in [0, 0.05) is 36.2 Å². The summed E-state index contributed by atoms with van der Waals surface area (Å²) in [6.07, 6.45) is 2.60. The SMILES string of the molecule is CCCc1ccc(CNCc2ccc3c(c2F)CN(C2CCC(=O)NC2=O)C3=O)cc1. The van der Waals surface area contributed by atoms with E-state index in [0.717, 1.165) is 18.4 Å². The van der Waals surface area contributed by atoms with Crippen molar-refractivity contribution in [2.24, 2.45) is 0 Å². The minimum Gasteiger partial charge on any atom is -0.322 e. The van der Waals surface area contributed by atoms with Crippen LogP contribution in [0.5, 0.6) is 0 Å². The second-order valence-corrected chi connectivity index (χ2v) is 8.13. The molecule has 1 saturated heterocycles. The number of nitrogens with one attached hydrogen (secondary N) is 2. The predicted octanol–water partition coefficient (Wildman–Crippen LogP) is 2.83. The lowest BCUT2D eigenvalue weighted by Crippen LogP contribution is -2.52. The van der Waals surface area contributed by atoms with Crippen molar-refractivity contribution >= 4 is 17.7 Å². The number of piperidine rings is 1. The molecule has 6 nitrogen and oxygen atoms in total. The number of carbonyl (C=O) groups is 3. The Kier molecular flexibility index (Phi) is 6.13. The normalized spacial score (nSPS) is 18.3. The standard InChI is InChI=1S/C24H26FN3O3/c1-2-3-15-4-6-16(7-5-15)12-26-13-17-8-9-18-19(22(17)25)14-28(24(18)31)20-10-11-21(29)27-23(20)30/h4-9,20,26H,2-3,10-14H2,1H3,(H,27,29,30). The van der Waals surface area contributed by atoms with E-state index in [0.29, 0.717) is 24.2 Å². The van der Waals surface area contributed by atoms with Gasteiger partial charge in [0.25, 0.3) is 5.91 Å². The van der Waals surface area contributed by atoms with Gasteiger partial charge in [0.15, 0.2) is 0 Å². The molecule has 2 aliphatic heterocycles. The second kappa shape index (κ2) is 8.98.